The minimum atomic E-state index is -4.85. The molecular formula is C30H24F7N3O. The van der Waals surface area contributed by atoms with E-state index in [1.807, 2.05) is 6.08 Å². The minimum absolute atomic E-state index is 0.0519. The van der Waals surface area contributed by atoms with Gasteiger partial charge in [-0.1, -0.05) is 23.8 Å². The smallest absolute Gasteiger partial charge is 0.417 e. The standard InChI is InChI=1S/C30H24F7N3O/c1-17-11-12-41-20(15-22(17)23-13-18(29(32,33)34)9-10-24(23)30(35,36)37)14-19-5-4-8-26-27(16-38-19)40-28(39-26)21-6-2-3-7-25(21)31/h2-3,6-10,13,15-16,19H,4-5,11-12,14H2,1H3. The normalized spacial score (nSPS) is 19.8. The summed E-state index contributed by atoms with van der Waals surface area (Å²) in [5.74, 6) is 0.105. The highest BCUT2D eigenvalue weighted by molar-refractivity contribution is 6.43. The van der Waals surface area contributed by atoms with Gasteiger partial charge in [-0.2, -0.15) is 26.3 Å². The van der Waals surface area contributed by atoms with Gasteiger partial charge in [-0.25, -0.2) is 14.4 Å². The zero-order valence-corrected chi connectivity index (χ0v) is 21.8. The molecule has 0 bridgehead atoms. The van der Waals surface area contributed by atoms with E-state index in [1.54, 1.807) is 25.1 Å². The summed E-state index contributed by atoms with van der Waals surface area (Å²) in [4.78, 5) is 13.4. The summed E-state index contributed by atoms with van der Waals surface area (Å²) in [5.41, 5.74) is -1.03. The molecule has 0 amide bonds. The van der Waals surface area contributed by atoms with E-state index in [-0.39, 0.29) is 42.5 Å². The fourth-order valence-electron chi connectivity index (χ4n) is 4.84. The van der Waals surface area contributed by atoms with E-state index in [0.29, 0.717) is 53.8 Å². The van der Waals surface area contributed by atoms with Crippen LogP contribution in [0.3, 0.4) is 0 Å². The molecule has 3 aliphatic heterocycles. The molecule has 0 fully saturated rings. The van der Waals surface area contributed by atoms with Crippen molar-refractivity contribution in [3.05, 3.63) is 99.7 Å². The summed E-state index contributed by atoms with van der Waals surface area (Å²) in [7, 11) is 0. The maximum Gasteiger partial charge on any atom is 0.417 e. The molecule has 0 aliphatic carbocycles. The summed E-state index contributed by atoms with van der Waals surface area (Å²) in [5, 5.41) is 0. The molecule has 4 nitrogen and oxygen atoms in total. The van der Waals surface area contributed by atoms with Gasteiger partial charge in [0.1, 0.15) is 11.5 Å². The number of alkyl halides is 6. The van der Waals surface area contributed by atoms with Crippen molar-refractivity contribution in [3.8, 4) is 0 Å². The maximum absolute atomic E-state index is 14.2. The molecule has 0 N–H and O–H groups in total. The van der Waals surface area contributed by atoms with Crippen LogP contribution >= 0.6 is 0 Å². The van der Waals surface area contributed by atoms with E-state index >= 15 is 0 Å². The van der Waals surface area contributed by atoms with Crippen molar-refractivity contribution in [2.75, 3.05) is 6.61 Å². The van der Waals surface area contributed by atoms with Gasteiger partial charge in [-0.05, 0) is 67.3 Å². The molecule has 0 radical (unpaired) electrons. The zero-order chi connectivity index (χ0) is 29.4. The van der Waals surface area contributed by atoms with Gasteiger partial charge in [-0.15, -0.1) is 0 Å². The molecule has 0 spiro atoms. The second kappa shape index (κ2) is 11.1. The van der Waals surface area contributed by atoms with E-state index < -0.39 is 34.9 Å². The van der Waals surface area contributed by atoms with Crippen LogP contribution in [-0.4, -0.2) is 30.4 Å². The second-order valence-corrected chi connectivity index (χ2v) is 9.87. The van der Waals surface area contributed by atoms with Crippen molar-refractivity contribution in [1.82, 2.24) is 0 Å². The number of amidine groups is 1. The first-order chi connectivity index (χ1) is 19.4. The first-order valence-electron chi connectivity index (χ1n) is 12.9. The first kappa shape index (κ1) is 28.5. The van der Waals surface area contributed by atoms with Crippen molar-refractivity contribution in [2.45, 2.75) is 51.0 Å². The van der Waals surface area contributed by atoms with Crippen LogP contribution in [-0.2, 0) is 17.1 Å². The van der Waals surface area contributed by atoms with Crippen LogP contribution in [0.5, 0.6) is 0 Å². The average Bonchev–Trinajstić information content (AvgIpc) is 3.19. The van der Waals surface area contributed by atoms with Crippen LogP contribution in [0.15, 0.2) is 86.6 Å². The lowest BCUT2D eigenvalue weighted by atomic mass is 9.91. The van der Waals surface area contributed by atoms with Crippen LogP contribution in [0, 0.1) is 5.82 Å². The first-order valence-corrected chi connectivity index (χ1v) is 12.9. The van der Waals surface area contributed by atoms with Gasteiger partial charge < -0.3 is 4.74 Å². The number of allylic oxidation sites excluding steroid dienone is 4. The summed E-state index contributed by atoms with van der Waals surface area (Å²) in [6.07, 6.45) is -3.32. The Morgan fingerprint density at radius 3 is 2.46 bits per heavy atom. The summed E-state index contributed by atoms with van der Waals surface area (Å²) < 4.78 is 102. The van der Waals surface area contributed by atoms with E-state index in [0.717, 1.165) is 0 Å². The Morgan fingerprint density at radius 1 is 0.951 bits per heavy atom. The van der Waals surface area contributed by atoms with Crippen molar-refractivity contribution in [1.29, 1.82) is 0 Å². The lowest BCUT2D eigenvalue weighted by Crippen LogP contribution is -2.13. The lowest BCUT2D eigenvalue weighted by molar-refractivity contribution is -0.141. The minimum Gasteiger partial charge on any atom is -0.498 e. The summed E-state index contributed by atoms with van der Waals surface area (Å²) in [6.45, 7) is 1.75. The van der Waals surface area contributed by atoms with Crippen LogP contribution in [0.1, 0.15) is 54.9 Å². The number of hydrogen-bond donors (Lipinski definition) is 0. The third kappa shape index (κ3) is 6.34. The van der Waals surface area contributed by atoms with Crippen molar-refractivity contribution < 1.29 is 35.5 Å². The number of halogens is 7. The molecule has 1 atom stereocenters. The van der Waals surface area contributed by atoms with Gasteiger partial charge in [0.15, 0.2) is 5.84 Å². The fraction of sp³-hybridized carbons (Fsp3) is 0.300. The van der Waals surface area contributed by atoms with E-state index in [4.69, 9.17) is 4.74 Å². The molecule has 2 aromatic carbocycles. The van der Waals surface area contributed by atoms with Crippen molar-refractivity contribution in [3.63, 3.8) is 0 Å². The number of hydrogen-bond acceptors (Lipinski definition) is 4. The van der Waals surface area contributed by atoms with Crippen LogP contribution < -0.4 is 0 Å². The van der Waals surface area contributed by atoms with Crippen LogP contribution in [0.25, 0.3) is 5.57 Å². The van der Waals surface area contributed by atoms with E-state index in [9.17, 15) is 30.7 Å². The van der Waals surface area contributed by atoms with Crippen molar-refractivity contribution in [2.24, 2.45) is 15.0 Å². The molecule has 0 saturated heterocycles. The third-order valence-corrected chi connectivity index (χ3v) is 6.98. The Kier molecular flexibility index (Phi) is 7.72. The summed E-state index contributed by atoms with van der Waals surface area (Å²) >= 11 is 0. The summed E-state index contributed by atoms with van der Waals surface area (Å²) in [6, 6.07) is 7.27. The highest BCUT2D eigenvalue weighted by Gasteiger charge is 2.38. The largest absolute Gasteiger partial charge is 0.498 e. The van der Waals surface area contributed by atoms with Crippen molar-refractivity contribution >= 4 is 23.3 Å². The Hall–Kier alpha value is -4.02. The molecule has 11 heteroatoms. The van der Waals surface area contributed by atoms with E-state index in [1.165, 1.54) is 18.4 Å². The van der Waals surface area contributed by atoms with Gasteiger partial charge in [0, 0.05) is 19.1 Å². The molecule has 41 heavy (non-hydrogen) atoms. The quantitative estimate of drug-likeness (QED) is 0.338. The van der Waals surface area contributed by atoms with Crippen LogP contribution in [0.4, 0.5) is 30.7 Å². The predicted molar refractivity (Wildman–Crippen MR) is 142 cm³/mol. The topological polar surface area (TPSA) is 46.3 Å². The molecule has 3 aliphatic rings. The molecule has 214 valence electrons. The SMILES string of the molecule is CC1=C(c2cc(C(F)(F)F)ccc2C(F)(F)F)C=C(CC2CCC=C3N=C(c4ccccc4F)N=C3C=N2)OCC1. The van der Waals surface area contributed by atoms with Gasteiger partial charge in [-0.3, -0.25) is 4.99 Å². The number of nitrogens with zero attached hydrogens (tertiary/aromatic N) is 3. The average molecular weight is 576 g/mol. The Morgan fingerprint density at radius 2 is 1.73 bits per heavy atom. The number of aliphatic imine (C=N–C) groups is 3. The molecular weight excluding hydrogens is 551 g/mol. The number of rotatable bonds is 4. The third-order valence-electron chi connectivity index (χ3n) is 6.98. The van der Waals surface area contributed by atoms with Gasteiger partial charge in [0.2, 0.25) is 0 Å². The monoisotopic (exact) mass is 575 g/mol. The maximum atomic E-state index is 14.2. The van der Waals surface area contributed by atoms with Gasteiger partial charge in [0.05, 0.1) is 40.8 Å². The molecule has 0 aromatic heterocycles. The molecule has 3 heterocycles. The molecule has 2 aromatic rings. The highest BCUT2D eigenvalue weighted by atomic mass is 19.4. The Bertz CT molecular complexity index is 1540. The number of benzene rings is 2. The molecule has 5 rings (SSSR count). The molecule has 1 unspecified atom stereocenters. The predicted octanol–water partition coefficient (Wildman–Crippen LogP) is 8.35. The van der Waals surface area contributed by atoms with E-state index in [2.05, 4.69) is 15.0 Å². The Balaban J connectivity index is 1.43. The lowest BCUT2D eigenvalue weighted by Gasteiger charge is -2.18. The van der Waals surface area contributed by atoms with Gasteiger partial charge >= 0.3 is 12.4 Å². The van der Waals surface area contributed by atoms with Gasteiger partial charge in [0.25, 0.3) is 0 Å². The second-order valence-electron chi connectivity index (χ2n) is 9.87. The number of ether oxygens (including phenoxy) is 1. The number of fused-ring (bicyclic) bond motifs is 1. The van der Waals surface area contributed by atoms with Crippen LogP contribution in [0.2, 0.25) is 0 Å². The highest BCUT2D eigenvalue weighted by Crippen LogP contribution is 2.41. The zero-order valence-electron chi connectivity index (χ0n) is 21.8. The Labute approximate surface area is 231 Å². The fourth-order valence-corrected chi connectivity index (χ4v) is 4.84. The molecule has 0 saturated carbocycles.